The quantitative estimate of drug-likeness (QED) is 0.738. The number of likely N-dealkylation sites (tertiary alicyclic amines) is 1. The molecule has 25 heavy (non-hydrogen) atoms. The van der Waals surface area contributed by atoms with Gasteiger partial charge in [-0.1, -0.05) is 0 Å². The van der Waals surface area contributed by atoms with Gasteiger partial charge in [0.25, 0.3) is 11.5 Å². The molecule has 0 N–H and O–H groups in total. The highest BCUT2D eigenvalue weighted by Gasteiger charge is 2.34. The molecule has 1 saturated heterocycles. The molecule has 0 radical (unpaired) electrons. The molecular weight excluding hydrogens is 320 g/mol. The predicted octanol–water partition coefficient (Wildman–Crippen LogP) is 0.354. The topological polar surface area (TPSA) is 87.2 Å². The van der Waals surface area contributed by atoms with Crippen LogP contribution >= 0.6 is 0 Å². The second-order valence-corrected chi connectivity index (χ2v) is 6.47. The molecule has 0 aliphatic carbocycles. The van der Waals surface area contributed by atoms with E-state index in [1.165, 1.54) is 0 Å². The fourth-order valence-corrected chi connectivity index (χ4v) is 3.62. The van der Waals surface area contributed by atoms with Gasteiger partial charge in [-0.15, -0.1) is 0 Å². The molecule has 0 saturated carbocycles. The number of hydrogen-bond donors (Lipinski definition) is 0. The van der Waals surface area contributed by atoms with Crippen molar-refractivity contribution in [3.63, 3.8) is 0 Å². The normalized spacial score (nSPS) is 19.8. The molecule has 1 atom stereocenters. The summed E-state index contributed by atoms with van der Waals surface area (Å²) in [5.74, 6) is -0.137. The summed E-state index contributed by atoms with van der Waals surface area (Å²) in [4.78, 5) is 33.3. The number of nitriles is 1. The van der Waals surface area contributed by atoms with Gasteiger partial charge in [0.2, 0.25) is 0 Å². The van der Waals surface area contributed by atoms with Crippen LogP contribution in [0.3, 0.4) is 0 Å². The minimum Gasteiger partial charge on any atom is -0.331 e. The van der Waals surface area contributed by atoms with Crippen molar-refractivity contribution in [2.75, 3.05) is 19.6 Å². The zero-order valence-corrected chi connectivity index (χ0v) is 13.9. The smallest absolute Gasteiger partial charge is 0.275 e. The second-order valence-electron chi connectivity index (χ2n) is 6.47. The third-order valence-electron chi connectivity index (χ3n) is 4.93. The van der Waals surface area contributed by atoms with E-state index in [2.05, 4.69) is 11.2 Å². The Kier molecular flexibility index (Phi) is 3.57. The first-order valence-electron chi connectivity index (χ1n) is 8.29. The van der Waals surface area contributed by atoms with Crippen LogP contribution in [-0.4, -0.2) is 55.5 Å². The number of rotatable bonds is 2. The monoisotopic (exact) mass is 338 g/mol. The van der Waals surface area contributed by atoms with Crippen molar-refractivity contribution in [3.8, 4) is 11.9 Å². The first-order valence-corrected chi connectivity index (χ1v) is 8.29. The first kappa shape index (κ1) is 15.4. The standard InChI is InChI=1S/C17H18N6O2/c1-12-8-21(11-19-12)14-2-3-15-17(25)22(6-7-23(15)16(14)24)13-4-5-20(9-13)10-18/h2-3,8,11,13H,4-7,9H2,1H3. The van der Waals surface area contributed by atoms with Crippen molar-refractivity contribution in [3.05, 3.63) is 46.4 Å². The summed E-state index contributed by atoms with van der Waals surface area (Å²) in [5.41, 5.74) is 1.54. The Morgan fingerprint density at radius 3 is 2.76 bits per heavy atom. The summed E-state index contributed by atoms with van der Waals surface area (Å²) in [6, 6.07) is 3.41. The van der Waals surface area contributed by atoms with E-state index in [4.69, 9.17) is 5.26 Å². The van der Waals surface area contributed by atoms with Crippen LogP contribution in [0.5, 0.6) is 0 Å². The van der Waals surface area contributed by atoms with Gasteiger partial charge < -0.3 is 18.9 Å². The highest BCUT2D eigenvalue weighted by Crippen LogP contribution is 2.21. The van der Waals surface area contributed by atoms with E-state index in [9.17, 15) is 9.59 Å². The predicted molar refractivity (Wildman–Crippen MR) is 89.2 cm³/mol. The lowest BCUT2D eigenvalue weighted by Gasteiger charge is -2.34. The van der Waals surface area contributed by atoms with E-state index in [1.807, 2.05) is 6.92 Å². The van der Waals surface area contributed by atoms with E-state index in [0.717, 1.165) is 12.1 Å². The number of fused-ring (bicyclic) bond motifs is 1. The molecule has 128 valence electrons. The summed E-state index contributed by atoms with van der Waals surface area (Å²) < 4.78 is 3.23. The van der Waals surface area contributed by atoms with Crippen molar-refractivity contribution < 1.29 is 4.79 Å². The van der Waals surface area contributed by atoms with Crippen molar-refractivity contribution in [1.29, 1.82) is 5.26 Å². The average Bonchev–Trinajstić information content (AvgIpc) is 3.25. The number of aryl methyl sites for hydroxylation is 1. The minimum absolute atomic E-state index is 0.0342. The molecule has 2 aromatic rings. The number of carbonyl (C=O) groups is 1. The number of pyridine rings is 1. The lowest BCUT2D eigenvalue weighted by Crippen LogP contribution is -2.50. The molecule has 1 unspecified atom stereocenters. The van der Waals surface area contributed by atoms with Gasteiger partial charge in [0.1, 0.15) is 11.4 Å². The van der Waals surface area contributed by atoms with Crippen molar-refractivity contribution in [2.45, 2.75) is 25.9 Å². The van der Waals surface area contributed by atoms with Crippen LogP contribution in [0.25, 0.3) is 5.69 Å². The third-order valence-corrected chi connectivity index (χ3v) is 4.93. The van der Waals surface area contributed by atoms with Crippen molar-refractivity contribution >= 4 is 5.91 Å². The summed E-state index contributed by atoms with van der Waals surface area (Å²) in [5, 5.41) is 9.00. The summed E-state index contributed by atoms with van der Waals surface area (Å²) in [6.07, 6.45) is 6.31. The van der Waals surface area contributed by atoms with Crippen molar-refractivity contribution in [1.82, 2.24) is 23.9 Å². The Morgan fingerprint density at radius 2 is 2.08 bits per heavy atom. The molecule has 4 heterocycles. The van der Waals surface area contributed by atoms with Crippen molar-refractivity contribution in [2.24, 2.45) is 0 Å². The number of hydrogen-bond acceptors (Lipinski definition) is 5. The highest BCUT2D eigenvalue weighted by atomic mass is 16.2. The maximum atomic E-state index is 12.8. The second kappa shape index (κ2) is 5.77. The maximum absolute atomic E-state index is 12.8. The van der Waals surface area contributed by atoms with Gasteiger partial charge in [-0.2, -0.15) is 5.26 Å². The lowest BCUT2D eigenvalue weighted by molar-refractivity contribution is 0.0623. The van der Waals surface area contributed by atoms with Gasteiger partial charge in [0, 0.05) is 32.4 Å². The Bertz CT molecular complexity index is 937. The van der Waals surface area contributed by atoms with Crippen LogP contribution in [0.15, 0.2) is 29.5 Å². The Balaban J connectivity index is 1.66. The first-order chi connectivity index (χ1) is 12.1. The number of imidazole rings is 1. The molecule has 2 aliphatic rings. The van der Waals surface area contributed by atoms with Crippen LogP contribution in [0.1, 0.15) is 22.6 Å². The fourth-order valence-electron chi connectivity index (χ4n) is 3.62. The van der Waals surface area contributed by atoms with E-state index in [-0.39, 0.29) is 17.5 Å². The molecule has 0 bridgehead atoms. The molecule has 8 nitrogen and oxygen atoms in total. The Morgan fingerprint density at radius 1 is 1.24 bits per heavy atom. The number of nitrogens with zero attached hydrogens (tertiary/aromatic N) is 6. The van der Waals surface area contributed by atoms with Crippen LogP contribution < -0.4 is 5.56 Å². The molecule has 0 spiro atoms. The fraction of sp³-hybridized carbons (Fsp3) is 0.412. The van der Waals surface area contributed by atoms with E-state index in [0.29, 0.717) is 37.6 Å². The molecule has 1 fully saturated rings. The van der Waals surface area contributed by atoms with Gasteiger partial charge in [0.05, 0.1) is 18.1 Å². The van der Waals surface area contributed by atoms with Gasteiger partial charge in [0.15, 0.2) is 6.19 Å². The molecule has 4 rings (SSSR count). The molecular formula is C17H18N6O2. The molecule has 0 aromatic carbocycles. The summed E-state index contributed by atoms with van der Waals surface area (Å²) >= 11 is 0. The zero-order valence-electron chi connectivity index (χ0n) is 13.9. The molecule has 8 heteroatoms. The number of aromatic nitrogens is 3. The van der Waals surface area contributed by atoms with Gasteiger partial charge in [-0.25, -0.2) is 4.98 Å². The number of amides is 1. The molecule has 2 aromatic heterocycles. The zero-order chi connectivity index (χ0) is 17.6. The van der Waals surface area contributed by atoms with Crippen LogP contribution in [0.2, 0.25) is 0 Å². The van der Waals surface area contributed by atoms with Gasteiger partial charge >= 0.3 is 0 Å². The third kappa shape index (κ3) is 2.48. The minimum atomic E-state index is -0.187. The summed E-state index contributed by atoms with van der Waals surface area (Å²) in [7, 11) is 0. The Hall–Kier alpha value is -3.08. The highest BCUT2D eigenvalue weighted by molar-refractivity contribution is 5.93. The summed E-state index contributed by atoms with van der Waals surface area (Å²) in [6.45, 7) is 4.06. The largest absolute Gasteiger partial charge is 0.331 e. The molecule has 1 amide bonds. The lowest BCUT2D eigenvalue weighted by atomic mass is 10.1. The van der Waals surface area contributed by atoms with E-state index in [1.54, 1.807) is 43.6 Å². The molecule has 2 aliphatic heterocycles. The van der Waals surface area contributed by atoms with E-state index >= 15 is 0 Å². The van der Waals surface area contributed by atoms with Gasteiger partial charge in [-0.3, -0.25) is 9.59 Å². The average molecular weight is 338 g/mol. The van der Waals surface area contributed by atoms with Crippen LogP contribution in [-0.2, 0) is 6.54 Å². The van der Waals surface area contributed by atoms with E-state index < -0.39 is 0 Å². The van der Waals surface area contributed by atoms with Crippen LogP contribution in [0, 0.1) is 18.4 Å². The van der Waals surface area contributed by atoms with Gasteiger partial charge in [-0.05, 0) is 25.5 Å². The number of carbonyl (C=O) groups excluding carboxylic acids is 1. The van der Waals surface area contributed by atoms with Crippen LogP contribution in [0.4, 0.5) is 0 Å². The Labute approximate surface area is 144 Å². The maximum Gasteiger partial charge on any atom is 0.275 e. The SMILES string of the molecule is Cc1cn(-c2ccc3n(c2=O)CCN(C2CCN(C#N)C2)C3=O)cn1.